The van der Waals surface area contributed by atoms with Crippen LogP contribution in [0.5, 0.6) is 0 Å². The Hall–Kier alpha value is -1.22. The first-order valence-electron chi connectivity index (χ1n) is 5.79. The molecule has 3 rings (SSSR count). The second kappa shape index (κ2) is 4.34. The summed E-state index contributed by atoms with van der Waals surface area (Å²) < 4.78 is 2.32. The Morgan fingerprint density at radius 1 is 1.25 bits per heavy atom. The lowest BCUT2D eigenvalue weighted by Crippen LogP contribution is -2.35. The molecular formula is C13H15N2S. The molecule has 2 nitrogen and oxygen atoms in total. The van der Waals surface area contributed by atoms with Gasteiger partial charge in [-0.2, -0.15) is 0 Å². The molecule has 0 bridgehead atoms. The summed E-state index contributed by atoms with van der Waals surface area (Å²) in [6.45, 7) is 1.16. The van der Waals surface area contributed by atoms with Crippen molar-refractivity contribution < 1.29 is 0 Å². The lowest BCUT2D eigenvalue weighted by molar-refractivity contribution is 0.378. The van der Waals surface area contributed by atoms with E-state index in [4.69, 9.17) is 0 Å². The van der Waals surface area contributed by atoms with Crippen molar-refractivity contribution in [3.63, 3.8) is 0 Å². The molecule has 1 radical (unpaired) electrons. The molecule has 3 heterocycles. The topological polar surface area (TPSA) is 8.17 Å². The van der Waals surface area contributed by atoms with Crippen LogP contribution in [0.1, 0.15) is 25.4 Å². The van der Waals surface area contributed by atoms with Gasteiger partial charge in [-0.05, 0) is 43.5 Å². The fourth-order valence-corrected chi connectivity index (χ4v) is 3.15. The van der Waals surface area contributed by atoms with Crippen LogP contribution in [-0.4, -0.2) is 11.1 Å². The number of anilines is 1. The van der Waals surface area contributed by atoms with Crippen LogP contribution in [0.2, 0.25) is 0 Å². The van der Waals surface area contributed by atoms with E-state index in [1.807, 2.05) is 5.38 Å². The van der Waals surface area contributed by atoms with Crippen molar-refractivity contribution in [3.05, 3.63) is 42.0 Å². The first-order valence-corrected chi connectivity index (χ1v) is 6.67. The molecular weight excluding hydrogens is 216 g/mol. The Bertz CT molecular complexity index is 376. The van der Waals surface area contributed by atoms with Gasteiger partial charge in [0.25, 0.3) is 0 Å². The van der Waals surface area contributed by atoms with Crippen molar-refractivity contribution in [1.82, 2.24) is 4.57 Å². The van der Waals surface area contributed by atoms with E-state index in [1.165, 1.54) is 24.3 Å². The van der Waals surface area contributed by atoms with Gasteiger partial charge in [0.15, 0.2) is 0 Å². The molecule has 83 valence electrons. The molecule has 1 saturated heterocycles. The second-order valence-corrected chi connectivity index (χ2v) is 5.07. The van der Waals surface area contributed by atoms with Gasteiger partial charge in [-0.1, -0.05) is 0 Å². The molecule has 1 aliphatic rings. The first kappa shape index (κ1) is 9.97. The van der Waals surface area contributed by atoms with Crippen molar-refractivity contribution in [1.29, 1.82) is 0 Å². The molecule has 0 aliphatic carbocycles. The zero-order valence-corrected chi connectivity index (χ0v) is 9.99. The van der Waals surface area contributed by atoms with Crippen LogP contribution < -0.4 is 4.90 Å². The quantitative estimate of drug-likeness (QED) is 0.767. The Morgan fingerprint density at radius 3 is 2.88 bits per heavy atom. The lowest BCUT2D eigenvalue weighted by atomic mass is 10.1. The van der Waals surface area contributed by atoms with Crippen molar-refractivity contribution in [2.24, 2.45) is 0 Å². The van der Waals surface area contributed by atoms with E-state index >= 15 is 0 Å². The summed E-state index contributed by atoms with van der Waals surface area (Å²) >= 11 is 1.79. The van der Waals surface area contributed by atoms with Crippen molar-refractivity contribution >= 4 is 16.3 Å². The minimum atomic E-state index is 0.496. The summed E-state index contributed by atoms with van der Waals surface area (Å²) in [6.07, 6.45) is 8.70. The van der Waals surface area contributed by atoms with Crippen LogP contribution in [0.4, 0.5) is 5.00 Å². The molecule has 2 aromatic rings. The Kier molecular flexibility index (Phi) is 2.70. The van der Waals surface area contributed by atoms with Crippen LogP contribution in [0.15, 0.2) is 36.0 Å². The third-order valence-corrected chi connectivity index (χ3v) is 4.03. The zero-order chi connectivity index (χ0) is 10.8. The average Bonchev–Trinajstić information content (AvgIpc) is 3.03. The highest BCUT2D eigenvalue weighted by atomic mass is 32.1. The monoisotopic (exact) mass is 231 g/mol. The van der Waals surface area contributed by atoms with Crippen molar-refractivity contribution in [2.45, 2.75) is 25.4 Å². The Morgan fingerprint density at radius 2 is 2.12 bits per heavy atom. The van der Waals surface area contributed by atoms with E-state index < -0.39 is 0 Å². The van der Waals surface area contributed by atoms with Crippen LogP contribution >= 0.6 is 11.3 Å². The van der Waals surface area contributed by atoms with Crippen LogP contribution in [-0.2, 0) is 0 Å². The molecule has 1 aliphatic heterocycles. The highest BCUT2D eigenvalue weighted by Crippen LogP contribution is 2.33. The second-order valence-electron chi connectivity index (χ2n) is 4.18. The number of thiophene rings is 1. The number of hydrogen-bond donors (Lipinski definition) is 0. The van der Waals surface area contributed by atoms with E-state index in [2.05, 4.69) is 46.1 Å². The van der Waals surface area contributed by atoms with Gasteiger partial charge in [0.1, 0.15) is 6.17 Å². The summed E-state index contributed by atoms with van der Waals surface area (Å²) in [7, 11) is 0. The molecule has 1 fully saturated rings. The molecule has 1 unspecified atom stereocenters. The molecule has 1 atom stereocenters. The van der Waals surface area contributed by atoms with Gasteiger partial charge in [-0.3, -0.25) is 0 Å². The van der Waals surface area contributed by atoms with Gasteiger partial charge in [0.2, 0.25) is 0 Å². The van der Waals surface area contributed by atoms with Gasteiger partial charge in [0.05, 0.1) is 5.00 Å². The smallest absolute Gasteiger partial charge is 0.106 e. The minimum absolute atomic E-state index is 0.496. The van der Waals surface area contributed by atoms with E-state index in [0.29, 0.717) is 6.17 Å². The predicted octanol–water partition coefficient (Wildman–Crippen LogP) is 3.54. The van der Waals surface area contributed by atoms with Gasteiger partial charge in [0, 0.05) is 24.3 Å². The molecule has 0 saturated carbocycles. The lowest BCUT2D eigenvalue weighted by Gasteiger charge is -2.37. The highest BCUT2D eigenvalue weighted by Gasteiger charge is 2.23. The predicted molar refractivity (Wildman–Crippen MR) is 67.8 cm³/mol. The van der Waals surface area contributed by atoms with Gasteiger partial charge < -0.3 is 9.47 Å². The van der Waals surface area contributed by atoms with E-state index in [1.54, 1.807) is 11.3 Å². The van der Waals surface area contributed by atoms with Crippen molar-refractivity contribution in [2.75, 3.05) is 11.4 Å². The fourth-order valence-electron chi connectivity index (χ4n) is 2.41. The van der Waals surface area contributed by atoms with Crippen LogP contribution in [0, 0.1) is 6.07 Å². The van der Waals surface area contributed by atoms with Crippen molar-refractivity contribution in [3.8, 4) is 0 Å². The summed E-state index contributed by atoms with van der Waals surface area (Å²) in [4.78, 5) is 2.50. The average molecular weight is 231 g/mol. The van der Waals surface area contributed by atoms with E-state index in [9.17, 15) is 0 Å². The molecule has 2 aromatic heterocycles. The molecule has 0 N–H and O–H groups in total. The van der Waals surface area contributed by atoms with Crippen LogP contribution in [0.3, 0.4) is 0 Å². The molecule has 0 amide bonds. The summed E-state index contributed by atoms with van der Waals surface area (Å²) in [6, 6.07) is 9.47. The maximum atomic E-state index is 3.16. The van der Waals surface area contributed by atoms with Gasteiger partial charge in [-0.15, -0.1) is 11.3 Å². The summed E-state index contributed by atoms with van der Waals surface area (Å²) in [5.74, 6) is 0. The maximum absolute atomic E-state index is 3.16. The van der Waals surface area contributed by atoms with Gasteiger partial charge >= 0.3 is 0 Å². The van der Waals surface area contributed by atoms with Gasteiger partial charge in [-0.25, -0.2) is 0 Å². The van der Waals surface area contributed by atoms with E-state index in [-0.39, 0.29) is 0 Å². The minimum Gasteiger partial charge on any atom is -0.343 e. The maximum Gasteiger partial charge on any atom is 0.106 e. The largest absolute Gasteiger partial charge is 0.343 e. The summed E-state index contributed by atoms with van der Waals surface area (Å²) in [5.41, 5.74) is 0. The van der Waals surface area contributed by atoms with E-state index in [0.717, 1.165) is 6.54 Å². The molecule has 0 aromatic carbocycles. The Balaban J connectivity index is 1.90. The highest BCUT2D eigenvalue weighted by molar-refractivity contribution is 7.14. The molecule has 0 spiro atoms. The molecule has 3 heteroatoms. The SMILES string of the molecule is [c]1csc(N2CCCCC2n2cccc2)c1. The summed E-state index contributed by atoms with van der Waals surface area (Å²) in [5, 5.41) is 3.38. The third kappa shape index (κ3) is 1.76. The fraction of sp³-hybridized carbons (Fsp3) is 0.385. The number of aromatic nitrogens is 1. The zero-order valence-electron chi connectivity index (χ0n) is 9.17. The standard InChI is InChI=1S/C13H15N2S/c1-2-10-15(13-7-5-11-16-13)12(6-1)14-8-3-4-9-14/h3-4,7-9,11-12H,1-2,6,10H2. The molecule has 16 heavy (non-hydrogen) atoms. The number of nitrogens with zero attached hydrogens (tertiary/aromatic N) is 2. The number of hydrogen-bond acceptors (Lipinski definition) is 2. The van der Waals surface area contributed by atoms with Crippen LogP contribution in [0.25, 0.3) is 0 Å². The first-order chi connectivity index (χ1) is 7.95. The number of rotatable bonds is 2. The Labute approximate surface area is 100 Å². The normalized spacial score (nSPS) is 21.2. The third-order valence-electron chi connectivity index (χ3n) is 3.18. The number of piperidine rings is 1.